The Kier molecular flexibility index (Phi) is 3.11. The van der Waals surface area contributed by atoms with Crippen molar-refractivity contribution in [2.45, 2.75) is 10.6 Å². The van der Waals surface area contributed by atoms with E-state index in [0.717, 1.165) is 28.5 Å². The van der Waals surface area contributed by atoms with Crippen LogP contribution < -0.4 is 0 Å². The number of aromatic nitrogens is 4. The molecule has 2 aromatic carbocycles. The average molecular weight is 351 g/mol. The molecule has 0 saturated heterocycles. The minimum atomic E-state index is 0.698. The van der Waals surface area contributed by atoms with Crippen molar-refractivity contribution in [2.24, 2.45) is 0 Å². The molecule has 0 bridgehead atoms. The zero-order valence-electron chi connectivity index (χ0n) is 12.5. The third-order valence-corrected chi connectivity index (χ3v) is 5.47. The summed E-state index contributed by atoms with van der Waals surface area (Å²) < 4.78 is 1.81. The lowest BCUT2D eigenvalue weighted by molar-refractivity contribution is 0.928. The van der Waals surface area contributed by atoms with Crippen LogP contribution in [0.5, 0.6) is 0 Å². The van der Waals surface area contributed by atoms with Crippen LogP contribution >= 0.6 is 23.4 Å². The zero-order valence-corrected chi connectivity index (χ0v) is 14.1. The summed E-state index contributed by atoms with van der Waals surface area (Å²) in [6.45, 7) is 0. The standard InChI is InChI=1S/C18H11ClN4S/c19-13-7-5-11(6-8-13)18-21-20-16-9-12-10-24-15-4-2-1-3-14(15)17(12)22-23(16)18/h1-9H,10H2. The van der Waals surface area contributed by atoms with Crippen molar-refractivity contribution in [2.75, 3.05) is 0 Å². The van der Waals surface area contributed by atoms with Gasteiger partial charge in [0.1, 0.15) is 0 Å². The molecule has 24 heavy (non-hydrogen) atoms. The first-order valence-electron chi connectivity index (χ1n) is 7.53. The van der Waals surface area contributed by atoms with E-state index in [1.165, 1.54) is 16.0 Å². The third kappa shape index (κ3) is 2.12. The molecule has 4 aromatic rings. The largest absolute Gasteiger partial charge is 0.192 e. The molecule has 0 N–H and O–H groups in total. The fourth-order valence-corrected chi connectivity index (χ4v) is 4.08. The van der Waals surface area contributed by atoms with Gasteiger partial charge in [-0.3, -0.25) is 0 Å². The van der Waals surface area contributed by atoms with Crippen LogP contribution in [0.1, 0.15) is 5.56 Å². The Morgan fingerprint density at radius 1 is 1.00 bits per heavy atom. The van der Waals surface area contributed by atoms with Gasteiger partial charge in [-0.1, -0.05) is 29.8 Å². The first kappa shape index (κ1) is 14.0. The molecule has 1 aliphatic rings. The molecule has 0 saturated carbocycles. The fourth-order valence-electron chi connectivity index (χ4n) is 2.93. The third-order valence-electron chi connectivity index (χ3n) is 4.10. The summed E-state index contributed by atoms with van der Waals surface area (Å²) in [5.41, 5.74) is 5.08. The summed E-state index contributed by atoms with van der Waals surface area (Å²) in [5, 5.41) is 14.2. The second-order valence-corrected chi connectivity index (χ2v) is 7.06. The van der Waals surface area contributed by atoms with E-state index in [1.54, 1.807) is 0 Å². The Morgan fingerprint density at radius 2 is 1.83 bits per heavy atom. The van der Waals surface area contributed by atoms with E-state index in [-0.39, 0.29) is 0 Å². The zero-order chi connectivity index (χ0) is 16.1. The number of thioether (sulfide) groups is 1. The summed E-state index contributed by atoms with van der Waals surface area (Å²) in [5.74, 6) is 1.62. The van der Waals surface area contributed by atoms with Gasteiger partial charge in [0.25, 0.3) is 0 Å². The van der Waals surface area contributed by atoms with E-state index >= 15 is 0 Å². The maximum atomic E-state index is 5.98. The first-order chi connectivity index (χ1) is 11.8. The monoisotopic (exact) mass is 350 g/mol. The molecule has 5 rings (SSSR count). The smallest absolute Gasteiger partial charge is 0.185 e. The van der Waals surface area contributed by atoms with E-state index < -0.39 is 0 Å². The molecule has 0 unspecified atom stereocenters. The molecule has 0 amide bonds. The molecule has 2 aromatic heterocycles. The van der Waals surface area contributed by atoms with Crippen molar-refractivity contribution in [3.05, 3.63) is 65.2 Å². The summed E-state index contributed by atoms with van der Waals surface area (Å²) in [6.07, 6.45) is 0. The molecule has 116 valence electrons. The van der Waals surface area contributed by atoms with Crippen molar-refractivity contribution < 1.29 is 0 Å². The van der Waals surface area contributed by atoms with Crippen LogP contribution in [0.25, 0.3) is 28.3 Å². The first-order valence-corrected chi connectivity index (χ1v) is 8.89. The fraction of sp³-hybridized carbons (Fsp3) is 0.0556. The number of nitrogens with zero attached hydrogens (tertiary/aromatic N) is 4. The number of fused-ring (bicyclic) bond motifs is 4. The summed E-state index contributed by atoms with van der Waals surface area (Å²) >= 11 is 7.81. The Hall–Kier alpha value is -2.37. The summed E-state index contributed by atoms with van der Waals surface area (Å²) in [6, 6.07) is 18.0. The highest BCUT2D eigenvalue weighted by Gasteiger charge is 2.20. The van der Waals surface area contributed by atoms with Crippen LogP contribution in [0.4, 0.5) is 0 Å². The Balaban J connectivity index is 1.75. The number of halogens is 1. The van der Waals surface area contributed by atoms with Gasteiger partial charge in [0.05, 0.1) is 5.69 Å². The number of rotatable bonds is 1. The molecular weight excluding hydrogens is 340 g/mol. The van der Waals surface area contributed by atoms with Gasteiger partial charge in [0.2, 0.25) is 0 Å². The molecule has 0 spiro atoms. The molecule has 4 nitrogen and oxygen atoms in total. The van der Waals surface area contributed by atoms with Gasteiger partial charge in [-0.2, -0.15) is 9.61 Å². The van der Waals surface area contributed by atoms with Gasteiger partial charge in [-0.05, 0) is 42.0 Å². The highest BCUT2D eigenvalue weighted by Crippen LogP contribution is 2.40. The lowest BCUT2D eigenvalue weighted by Crippen LogP contribution is -2.04. The topological polar surface area (TPSA) is 43.1 Å². The van der Waals surface area contributed by atoms with Crippen molar-refractivity contribution in [3.63, 3.8) is 0 Å². The molecule has 0 aliphatic carbocycles. The summed E-state index contributed by atoms with van der Waals surface area (Å²) in [7, 11) is 0. The second-order valence-electron chi connectivity index (χ2n) is 5.60. The van der Waals surface area contributed by atoms with Gasteiger partial charge >= 0.3 is 0 Å². The molecule has 6 heteroatoms. The molecule has 0 fully saturated rings. The highest BCUT2D eigenvalue weighted by atomic mass is 35.5. The van der Waals surface area contributed by atoms with E-state index in [0.29, 0.717) is 5.02 Å². The minimum absolute atomic E-state index is 0.698. The van der Waals surface area contributed by atoms with Crippen LogP contribution in [0, 0.1) is 0 Å². The minimum Gasteiger partial charge on any atom is -0.192 e. The predicted molar refractivity (Wildman–Crippen MR) is 96.2 cm³/mol. The molecule has 0 atom stereocenters. The molecular formula is C18H11ClN4S. The number of hydrogen-bond acceptors (Lipinski definition) is 4. The number of benzene rings is 2. The lowest BCUT2D eigenvalue weighted by atomic mass is 10.1. The van der Waals surface area contributed by atoms with E-state index in [2.05, 4.69) is 34.5 Å². The van der Waals surface area contributed by atoms with Crippen LogP contribution in [0.3, 0.4) is 0 Å². The maximum absolute atomic E-state index is 5.98. The molecule has 1 aliphatic heterocycles. The molecule has 3 heterocycles. The summed E-state index contributed by atoms with van der Waals surface area (Å²) in [4.78, 5) is 1.26. The van der Waals surface area contributed by atoms with Crippen LogP contribution in [0.2, 0.25) is 5.02 Å². The van der Waals surface area contributed by atoms with E-state index in [9.17, 15) is 0 Å². The quantitative estimate of drug-likeness (QED) is 0.498. The predicted octanol–water partition coefficient (Wildman–Crippen LogP) is 4.72. The van der Waals surface area contributed by atoms with E-state index in [1.807, 2.05) is 46.6 Å². The maximum Gasteiger partial charge on any atom is 0.185 e. The average Bonchev–Trinajstić information content (AvgIpc) is 3.03. The normalized spacial score (nSPS) is 12.9. The number of hydrogen-bond donors (Lipinski definition) is 0. The van der Waals surface area contributed by atoms with Crippen molar-refractivity contribution in [3.8, 4) is 22.6 Å². The lowest BCUT2D eigenvalue weighted by Gasteiger charge is -2.18. The van der Waals surface area contributed by atoms with Crippen molar-refractivity contribution >= 4 is 29.0 Å². The Labute approximate surface area is 147 Å². The van der Waals surface area contributed by atoms with Gasteiger partial charge in [0, 0.05) is 26.8 Å². The van der Waals surface area contributed by atoms with Gasteiger partial charge in [0.15, 0.2) is 11.5 Å². The molecule has 0 radical (unpaired) electrons. The van der Waals surface area contributed by atoms with Crippen LogP contribution in [-0.4, -0.2) is 19.8 Å². The second kappa shape index (κ2) is 5.33. The van der Waals surface area contributed by atoms with Crippen molar-refractivity contribution in [1.82, 2.24) is 19.8 Å². The van der Waals surface area contributed by atoms with Crippen molar-refractivity contribution in [1.29, 1.82) is 0 Å². The highest BCUT2D eigenvalue weighted by molar-refractivity contribution is 7.98. The van der Waals surface area contributed by atoms with Gasteiger partial charge in [-0.15, -0.1) is 22.0 Å². The Morgan fingerprint density at radius 3 is 2.71 bits per heavy atom. The van der Waals surface area contributed by atoms with Crippen LogP contribution in [0.15, 0.2) is 59.5 Å². The van der Waals surface area contributed by atoms with Crippen LogP contribution in [-0.2, 0) is 5.75 Å². The SMILES string of the molecule is Clc1ccc(-c2nnc3cc4c(nn23)-c2ccccc2SC4)cc1. The Bertz CT molecular complexity index is 1070. The van der Waals surface area contributed by atoms with Gasteiger partial charge < -0.3 is 0 Å². The van der Waals surface area contributed by atoms with Gasteiger partial charge in [-0.25, -0.2) is 0 Å². The van der Waals surface area contributed by atoms with E-state index in [4.69, 9.17) is 16.7 Å².